The molecular weight excluding hydrogens is 608 g/mol. The molecule has 234 valence electrons. The van der Waals surface area contributed by atoms with Crippen LogP contribution in [0.3, 0.4) is 0 Å². The van der Waals surface area contributed by atoms with Crippen LogP contribution in [0.2, 0.25) is 0 Å². The number of nitrogens with zero attached hydrogens (tertiary/aromatic N) is 7. The first kappa shape index (κ1) is 27.7. The summed E-state index contributed by atoms with van der Waals surface area (Å²) < 4.78 is 19.0. The smallest absolute Gasteiger partial charge is 0.204 e. The molecule has 5 heterocycles. The number of methoxy groups -OCH3 is 3. The Morgan fingerprint density at radius 2 is 0.979 bits per heavy atom. The van der Waals surface area contributed by atoms with Crippen molar-refractivity contribution in [2.24, 2.45) is 0 Å². The number of rotatable bonds is 4. The van der Waals surface area contributed by atoms with E-state index in [9.17, 15) is 0 Å². The molecular formula is C36H26N8O4. The molecule has 4 aromatic carbocycles. The first-order valence-corrected chi connectivity index (χ1v) is 15.1. The monoisotopic (exact) mass is 634 g/mol. The van der Waals surface area contributed by atoms with Crippen molar-refractivity contribution in [2.45, 2.75) is 0 Å². The van der Waals surface area contributed by atoms with Gasteiger partial charge in [-0.1, -0.05) is 72.8 Å². The molecule has 0 saturated heterocycles. The molecule has 0 aliphatic carbocycles. The Morgan fingerprint density at radius 1 is 0.500 bits per heavy atom. The average molecular weight is 635 g/mol. The van der Waals surface area contributed by atoms with E-state index in [-0.39, 0.29) is 0 Å². The van der Waals surface area contributed by atoms with E-state index in [4.69, 9.17) is 49.0 Å². The molecule has 0 fully saturated rings. The minimum Gasteiger partial charge on any atom is -0.493 e. The third-order valence-corrected chi connectivity index (χ3v) is 8.64. The van der Waals surface area contributed by atoms with Gasteiger partial charge in [-0.3, -0.25) is 0 Å². The van der Waals surface area contributed by atoms with Gasteiger partial charge in [0.2, 0.25) is 5.75 Å². The van der Waals surface area contributed by atoms with Crippen LogP contribution in [0.25, 0.3) is 89.7 Å². The molecule has 0 saturated carbocycles. The van der Waals surface area contributed by atoms with E-state index in [2.05, 4.69) is 4.98 Å². The van der Waals surface area contributed by atoms with Crippen molar-refractivity contribution in [1.82, 2.24) is 39.6 Å². The highest BCUT2D eigenvalue weighted by Crippen LogP contribution is 2.46. The van der Waals surface area contributed by atoms with Crippen LogP contribution in [0.4, 0.5) is 0 Å². The summed E-state index contributed by atoms with van der Waals surface area (Å²) in [6.07, 6.45) is 0. The van der Waals surface area contributed by atoms with Gasteiger partial charge in [0.25, 0.3) is 0 Å². The highest BCUT2D eigenvalue weighted by molar-refractivity contribution is 6.11. The molecule has 7 aromatic rings. The zero-order valence-electron chi connectivity index (χ0n) is 26.3. The second-order valence-corrected chi connectivity index (χ2v) is 11.1. The van der Waals surface area contributed by atoms with Crippen LogP contribution in [-0.4, -0.2) is 68.1 Å². The van der Waals surface area contributed by atoms with Crippen LogP contribution < -0.4 is 19.0 Å². The van der Waals surface area contributed by atoms with Crippen LogP contribution in [0.15, 0.2) is 78.9 Å². The van der Waals surface area contributed by atoms with E-state index in [1.54, 1.807) is 33.2 Å². The maximum absolute atomic E-state index is 5.96. The molecule has 0 radical (unpaired) electrons. The largest absolute Gasteiger partial charge is 0.493 e. The van der Waals surface area contributed by atoms with Gasteiger partial charge in [0.1, 0.15) is 18.4 Å². The lowest BCUT2D eigenvalue weighted by Gasteiger charge is -2.12. The van der Waals surface area contributed by atoms with Crippen molar-refractivity contribution in [1.29, 1.82) is 0 Å². The third kappa shape index (κ3) is 3.89. The average Bonchev–Trinajstić information content (AvgIpc) is 3.84. The van der Waals surface area contributed by atoms with Crippen molar-refractivity contribution < 1.29 is 19.0 Å². The fraction of sp³-hybridized carbons (Fsp3) is 0.111. The number of hydrogen-bond donors (Lipinski definition) is 1. The van der Waals surface area contributed by atoms with E-state index in [0.29, 0.717) is 73.9 Å². The van der Waals surface area contributed by atoms with Crippen molar-refractivity contribution in [2.75, 3.05) is 28.4 Å². The van der Waals surface area contributed by atoms with Gasteiger partial charge in [-0.2, -0.15) is 0 Å². The molecule has 0 unspecified atom stereocenters. The maximum Gasteiger partial charge on any atom is 0.204 e. The van der Waals surface area contributed by atoms with Crippen molar-refractivity contribution in [3.63, 3.8) is 0 Å². The minimum atomic E-state index is 0.428. The third-order valence-electron chi connectivity index (χ3n) is 8.64. The Balaban J connectivity index is 1.54. The van der Waals surface area contributed by atoms with E-state index >= 15 is 0 Å². The van der Waals surface area contributed by atoms with Crippen molar-refractivity contribution in [3.05, 3.63) is 78.9 Å². The lowest BCUT2D eigenvalue weighted by Crippen LogP contribution is -2.06. The van der Waals surface area contributed by atoms with E-state index < -0.39 is 0 Å². The molecule has 0 amide bonds. The van der Waals surface area contributed by atoms with Crippen LogP contribution in [0, 0.1) is 0 Å². The summed E-state index contributed by atoms with van der Waals surface area (Å²) in [4.78, 5) is 39.7. The Hall–Kier alpha value is -6.56. The van der Waals surface area contributed by atoms with E-state index in [0.717, 1.165) is 33.0 Å². The summed E-state index contributed by atoms with van der Waals surface area (Å²) in [6.45, 7) is 0. The van der Waals surface area contributed by atoms with Gasteiger partial charge in [-0.15, -0.1) is 4.73 Å². The number of aromatic amines is 1. The first-order chi connectivity index (χ1) is 23.6. The Labute approximate surface area is 272 Å². The topological polar surface area (TPSA) is 135 Å². The summed E-state index contributed by atoms with van der Waals surface area (Å²) in [6, 6.07) is 25.5. The molecule has 12 heteroatoms. The summed E-state index contributed by atoms with van der Waals surface area (Å²) in [5, 5.41) is 3.04. The van der Waals surface area contributed by atoms with Gasteiger partial charge < -0.3 is 24.0 Å². The number of fused-ring (bicyclic) bond motifs is 20. The number of aromatic nitrogens is 8. The van der Waals surface area contributed by atoms with Gasteiger partial charge in [0.15, 0.2) is 46.1 Å². The number of H-pyrrole nitrogens is 1. The highest BCUT2D eigenvalue weighted by atomic mass is 16.6. The number of hydrogen-bond acceptors (Lipinski definition) is 10. The van der Waals surface area contributed by atoms with Gasteiger partial charge in [0, 0.05) is 38.4 Å². The van der Waals surface area contributed by atoms with E-state index in [1.807, 2.05) is 78.9 Å². The fourth-order valence-corrected chi connectivity index (χ4v) is 6.51. The lowest BCUT2D eigenvalue weighted by atomic mass is 10.1. The lowest BCUT2D eigenvalue weighted by molar-refractivity contribution is 0.187. The van der Waals surface area contributed by atoms with Crippen LogP contribution in [0.1, 0.15) is 0 Å². The van der Waals surface area contributed by atoms with Crippen LogP contribution in [0.5, 0.6) is 17.2 Å². The molecule has 2 aliphatic rings. The Kier molecular flexibility index (Phi) is 6.06. The van der Waals surface area contributed by atoms with Crippen LogP contribution in [-0.2, 0) is 0 Å². The zero-order valence-corrected chi connectivity index (χ0v) is 26.3. The Morgan fingerprint density at radius 3 is 1.46 bits per heavy atom. The second kappa shape index (κ2) is 10.5. The molecule has 0 atom stereocenters. The maximum atomic E-state index is 5.96. The SMILES string of the molecule is COc1cc2c3nc4nc(nc5c6ccccc6c(nc6nc(nc([nH]3)c2c(OC)c1OC)-c1ccccc1-6)n5OC)-c1ccccc1-4. The van der Waals surface area contributed by atoms with Crippen molar-refractivity contribution in [3.8, 4) is 62.8 Å². The number of nitrogens with one attached hydrogen (secondary N) is 1. The van der Waals surface area contributed by atoms with Gasteiger partial charge in [-0.05, 0) is 6.07 Å². The van der Waals surface area contributed by atoms with Crippen molar-refractivity contribution >= 4 is 44.1 Å². The Bertz CT molecular complexity index is 2650. The standard InChI is InChI=1S/C36H26N8O4/c1-45-25-17-24-26(28(47-3)27(25)46-2)34-40-30-19-12-6-8-14-21(19)32(38-30)43-36-23-16-10-9-15-22(23)35(44(36)48-4)42-31-20-13-7-5-11-18(20)29(37-31)39-33(24)41-34/h5-17H,1-4H3,(H,37,38,39,40,41,42,43). The fourth-order valence-electron chi connectivity index (χ4n) is 6.51. The molecule has 1 N–H and O–H groups in total. The highest BCUT2D eigenvalue weighted by Gasteiger charge is 2.25. The number of ether oxygens (including phenoxy) is 3. The van der Waals surface area contributed by atoms with Gasteiger partial charge in [-0.25, -0.2) is 29.9 Å². The first-order valence-electron chi connectivity index (χ1n) is 15.1. The summed E-state index contributed by atoms with van der Waals surface area (Å²) in [5.74, 6) is 3.26. The molecule has 2 aliphatic heterocycles. The summed E-state index contributed by atoms with van der Waals surface area (Å²) in [7, 11) is 6.32. The predicted octanol–water partition coefficient (Wildman–Crippen LogP) is 6.43. The minimum absolute atomic E-state index is 0.428. The quantitative estimate of drug-likeness (QED) is 0.231. The molecule has 8 bridgehead atoms. The second-order valence-electron chi connectivity index (χ2n) is 11.1. The normalized spacial score (nSPS) is 11.8. The molecule has 48 heavy (non-hydrogen) atoms. The summed E-state index contributed by atoms with van der Waals surface area (Å²) >= 11 is 0. The predicted molar refractivity (Wildman–Crippen MR) is 182 cm³/mol. The van der Waals surface area contributed by atoms with Gasteiger partial charge >= 0.3 is 0 Å². The molecule has 3 aromatic heterocycles. The molecule has 9 rings (SSSR count). The summed E-state index contributed by atoms with van der Waals surface area (Å²) in [5.41, 5.74) is 5.36. The number of benzene rings is 4. The van der Waals surface area contributed by atoms with E-state index in [1.165, 1.54) is 0 Å². The van der Waals surface area contributed by atoms with Gasteiger partial charge in [0.05, 0.1) is 26.7 Å². The zero-order chi connectivity index (χ0) is 32.5. The molecule has 0 spiro atoms. The molecule has 12 nitrogen and oxygen atoms in total. The van der Waals surface area contributed by atoms with Crippen LogP contribution >= 0.6 is 0 Å².